The van der Waals surface area contributed by atoms with E-state index in [0.29, 0.717) is 17.4 Å². The molecule has 0 bridgehead atoms. The Bertz CT molecular complexity index is 327. The maximum Gasteiger partial charge on any atom is 0.169 e. The third kappa shape index (κ3) is 1.94. The molecular formula is C9H12N4. The molecule has 1 aromatic rings. The number of hydrogen-bond donors (Lipinski definition) is 0. The van der Waals surface area contributed by atoms with Gasteiger partial charge in [-0.25, -0.2) is 0 Å². The third-order valence-electron chi connectivity index (χ3n) is 1.93. The van der Waals surface area contributed by atoms with E-state index in [4.69, 9.17) is 5.26 Å². The first-order chi connectivity index (χ1) is 6.16. The molecule has 1 heterocycles. The van der Waals surface area contributed by atoms with Gasteiger partial charge in [0.25, 0.3) is 0 Å². The highest BCUT2D eigenvalue weighted by atomic mass is 15.3. The molecular weight excluding hydrogens is 164 g/mol. The van der Waals surface area contributed by atoms with Crippen molar-refractivity contribution in [1.82, 2.24) is 10.2 Å². The standard InChI is InChI=1S/C9H12N4/c1-7(2)13(3)9-8(6-10)4-5-11-12-9/h4-5,7H,1-3H3. The number of nitriles is 1. The van der Waals surface area contributed by atoms with Gasteiger partial charge in [0.05, 0.1) is 11.8 Å². The number of rotatable bonds is 2. The summed E-state index contributed by atoms with van der Waals surface area (Å²) in [4.78, 5) is 1.92. The Morgan fingerprint density at radius 3 is 2.77 bits per heavy atom. The lowest BCUT2D eigenvalue weighted by Crippen LogP contribution is -2.27. The van der Waals surface area contributed by atoms with Crippen LogP contribution >= 0.6 is 0 Å². The highest BCUT2D eigenvalue weighted by molar-refractivity contribution is 5.52. The highest BCUT2D eigenvalue weighted by Gasteiger charge is 2.11. The van der Waals surface area contributed by atoms with Crippen LogP contribution in [0.5, 0.6) is 0 Å². The molecule has 0 amide bonds. The van der Waals surface area contributed by atoms with Crippen molar-refractivity contribution in [2.24, 2.45) is 0 Å². The van der Waals surface area contributed by atoms with Gasteiger partial charge in [-0.1, -0.05) is 0 Å². The molecule has 0 unspecified atom stereocenters. The van der Waals surface area contributed by atoms with Gasteiger partial charge >= 0.3 is 0 Å². The minimum absolute atomic E-state index is 0.309. The quantitative estimate of drug-likeness (QED) is 0.679. The van der Waals surface area contributed by atoms with Gasteiger partial charge in [0.15, 0.2) is 5.82 Å². The molecule has 0 atom stereocenters. The van der Waals surface area contributed by atoms with Crippen molar-refractivity contribution < 1.29 is 0 Å². The predicted molar refractivity (Wildman–Crippen MR) is 50.3 cm³/mol. The van der Waals surface area contributed by atoms with Crippen molar-refractivity contribution in [3.63, 3.8) is 0 Å². The van der Waals surface area contributed by atoms with E-state index < -0.39 is 0 Å². The predicted octanol–water partition coefficient (Wildman–Crippen LogP) is 1.19. The Kier molecular flexibility index (Phi) is 2.80. The number of anilines is 1. The average Bonchev–Trinajstić information content (AvgIpc) is 2.16. The van der Waals surface area contributed by atoms with Crippen molar-refractivity contribution in [2.75, 3.05) is 11.9 Å². The zero-order valence-corrected chi connectivity index (χ0v) is 8.02. The third-order valence-corrected chi connectivity index (χ3v) is 1.93. The van der Waals surface area contributed by atoms with E-state index in [1.54, 1.807) is 6.07 Å². The topological polar surface area (TPSA) is 52.8 Å². The van der Waals surface area contributed by atoms with Crippen LogP contribution in [0.15, 0.2) is 12.3 Å². The van der Waals surface area contributed by atoms with E-state index in [2.05, 4.69) is 16.3 Å². The molecule has 0 aromatic carbocycles. The Labute approximate surface area is 77.8 Å². The first-order valence-corrected chi connectivity index (χ1v) is 4.11. The van der Waals surface area contributed by atoms with Gasteiger partial charge in [-0.05, 0) is 19.9 Å². The van der Waals surface area contributed by atoms with Crippen molar-refractivity contribution in [1.29, 1.82) is 5.26 Å². The summed E-state index contributed by atoms with van der Waals surface area (Å²) in [5, 5.41) is 16.5. The van der Waals surface area contributed by atoms with Crippen LogP contribution in [0, 0.1) is 11.3 Å². The molecule has 0 aliphatic heterocycles. The fraction of sp³-hybridized carbons (Fsp3) is 0.444. The van der Waals surface area contributed by atoms with Crippen LogP contribution in [-0.2, 0) is 0 Å². The summed E-state index contributed by atoms with van der Waals surface area (Å²) in [5.41, 5.74) is 0.561. The molecule has 0 fully saturated rings. The lowest BCUT2D eigenvalue weighted by molar-refractivity contribution is 0.732. The van der Waals surface area contributed by atoms with Gasteiger partial charge in [-0.3, -0.25) is 0 Å². The lowest BCUT2D eigenvalue weighted by Gasteiger charge is -2.22. The number of nitrogens with zero attached hydrogens (tertiary/aromatic N) is 4. The van der Waals surface area contributed by atoms with Gasteiger partial charge in [-0.15, -0.1) is 5.10 Å². The first kappa shape index (κ1) is 9.46. The van der Waals surface area contributed by atoms with Crippen LogP contribution in [0.1, 0.15) is 19.4 Å². The Balaban J connectivity index is 3.07. The van der Waals surface area contributed by atoms with Crippen LogP contribution in [0.25, 0.3) is 0 Å². The zero-order chi connectivity index (χ0) is 9.84. The Hall–Kier alpha value is -1.63. The summed E-state index contributed by atoms with van der Waals surface area (Å²) in [6.07, 6.45) is 1.52. The van der Waals surface area contributed by atoms with Gasteiger partial charge < -0.3 is 4.90 Å². The summed E-state index contributed by atoms with van der Waals surface area (Å²) in [7, 11) is 1.90. The van der Waals surface area contributed by atoms with E-state index in [0.717, 1.165) is 0 Å². The Morgan fingerprint density at radius 2 is 2.23 bits per heavy atom. The molecule has 68 valence electrons. The molecule has 1 aromatic heterocycles. The fourth-order valence-electron chi connectivity index (χ4n) is 0.917. The monoisotopic (exact) mass is 176 g/mol. The summed E-state index contributed by atoms with van der Waals surface area (Å²) >= 11 is 0. The maximum absolute atomic E-state index is 8.80. The number of aromatic nitrogens is 2. The Morgan fingerprint density at radius 1 is 1.54 bits per heavy atom. The van der Waals surface area contributed by atoms with Crippen molar-refractivity contribution >= 4 is 5.82 Å². The van der Waals surface area contributed by atoms with Gasteiger partial charge in [-0.2, -0.15) is 10.4 Å². The van der Waals surface area contributed by atoms with E-state index >= 15 is 0 Å². The van der Waals surface area contributed by atoms with Crippen LogP contribution in [0.3, 0.4) is 0 Å². The molecule has 4 nitrogen and oxygen atoms in total. The smallest absolute Gasteiger partial charge is 0.169 e. The minimum atomic E-state index is 0.309. The highest BCUT2D eigenvalue weighted by Crippen LogP contribution is 2.15. The van der Waals surface area contributed by atoms with Crippen molar-refractivity contribution in [3.8, 4) is 6.07 Å². The van der Waals surface area contributed by atoms with Crippen molar-refractivity contribution in [2.45, 2.75) is 19.9 Å². The SMILES string of the molecule is CC(C)N(C)c1nnccc1C#N. The average molecular weight is 176 g/mol. The van der Waals surface area contributed by atoms with E-state index in [9.17, 15) is 0 Å². The van der Waals surface area contributed by atoms with Gasteiger partial charge in [0.2, 0.25) is 0 Å². The molecule has 0 aliphatic carbocycles. The van der Waals surface area contributed by atoms with Crippen molar-refractivity contribution in [3.05, 3.63) is 17.8 Å². The van der Waals surface area contributed by atoms with E-state index in [1.165, 1.54) is 6.20 Å². The molecule has 0 N–H and O–H groups in total. The minimum Gasteiger partial charge on any atom is -0.355 e. The van der Waals surface area contributed by atoms with E-state index in [-0.39, 0.29) is 0 Å². The van der Waals surface area contributed by atoms with Crippen LogP contribution in [0.2, 0.25) is 0 Å². The molecule has 0 aliphatic rings. The summed E-state index contributed by atoms with van der Waals surface area (Å²) in [6.45, 7) is 4.08. The number of hydrogen-bond acceptors (Lipinski definition) is 4. The second-order valence-electron chi connectivity index (χ2n) is 3.08. The lowest BCUT2D eigenvalue weighted by atomic mass is 10.2. The molecule has 0 spiro atoms. The molecule has 1 rings (SSSR count). The van der Waals surface area contributed by atoms with Gasteiger partial charge in [0, 0.05) is 13.1 Å². The van der Waals surface area contributed by atoms with E-state index in [1.807, 2.05) is 25.8 Å². The second kappa shape index (κ2) is 3.85. The molecule has 0 saturated heterocycles. The summed E-state index contributed by atoms with van der Waals surface area (Å²) < 4.78 is 0. The molecule has 0 radical (unpaired) electrons. The summed E-state index contributed by atoms with van der Waals surface area (Å²) in [6, 6.07) is 4.06. The zero-order valence-electron chi connectivity index (χ0n) is 8.02. The molecule has 13 heavy (non-hydrogen) atoms. The molecule has 4 heteroatoms. The largest absolute Gasteiger partial charge is 0.355 e. The van der Waals surface area contributed by atoms with Crippen LogP contribution in [-0.4, -0.2) is 23.3 Å². The molecule has 0 saturated carbocycles. The van der Waals surface area contributed by atoms with Gasteiger partial charge in [0.1, 0.15) is 6.07 Å². The summed E-state index contributed by atoms with van der Waals surface area (Å²) in [5.74, 6) is 0.639. The maximum atomic E-state index is 8.80. The van der Waals surface area contributed by atoms with Crippen LogP contribution in [0.4, 0.5) is 5.82 Å². The van der Waals surface area contributed by atoms with Crippen LogP contribution < -0.4 is 4.90 Å². The first-order valence-electron chi connectivity index (χ1n) is 4.11. The fourth-order valence-corrected chi connectivity index (χ4v) is 0.917. The normalized spacial score (nSPS) is 9.77. The second-order valence-corrected chi connectivity index (χ2v) is 3.08.